The average molecular weight is 653 g/mol. The number of benzene rings is 3. The predicted octanol–water partition coefficient (Wildman–Crippen LogP) is 6.85. The number of hydrogen-bond donors (Lipinski definition) is 2. The molecule has 0 spiro atoms. The van der Waals surface area contributed by atoms with Gasteiger partial charge in [0.25, 0.3) is 0 Å². The normalized spacial score (nSPS) is 19.3. The molecule has 3 atom stereocenters. The summed E-state index contributed by atoms with van der Waals surface area (Å²) in [6.45, 7) is 5.99. The maximum Gasteiger partial charge on any atom is 0.309 e. The second-order valence-corrected chi connectivity index (χ2v) is 12.8. The topological polar surface area (TPSA) is 97.3 Å². The summed E-state index contributed by atoms with van der Waals surface area (Å²) >= 11 is 8.13. The van der Waals surface area contributed by atoms with Crippen molar-refractivity contribution < 1.29 is 28.9 Å². The van der Waals surface area contributed by atoms with Gasteiger partial charge in [-0.05, 0) is 89.9 Å². The lowest BCUT2D eigenvalue weighted by Crippen LogP contribution is -2.35. The highest BCUT2D eigenvalue weighted by molar-refractivity contribution is 7.98. The van der Waals surface area contributed by atoms with E-state index in [1.165, 1.54) is 0 Å². The number of aliphatic carboxylic acids is 1. The molecular formula is C35H41ClN2O6S. The smallest absolute Gasteiger partial charge is 0.309 e. The van der Waals surface area contributed by atoms with Gasteiger partial charge in [-0.1, -0.05) is 43.6 Å². The number of amides is 1. The van der Waals surface area contributed by atoms with E-state index in [1.54, 1.807) is 11.8 Å². The second kappa shape index (κ2) is 15.3. The number of carboxylic acid groups (broad SMARTS) is 1. The largest absolute Gasteiger partial charge is 0.494 e. The lowest BCUT2D eigenvalue weighted by molar-refractivity contribution is -0.143. The number of likely N-dealkylation sites (tertiary alicyclic amines) is 1. The van der Waals surface area contributed by atoms with Crippen molar-refractivity contribution in [3.8, 4) is 17.2 Å². The molecule has 1 amide bonds. The van der Waals surface area contributed by atoms with Crippen LogP contribution < -0.4 is 19.5 Å². The Balaban J connectivity index is 1.45. The van der Waals surface area contributed by atoms with Gasteiger partial charge in [0.2, 0.25) is 5.91 Å². The lowest BCUT2D eigenvalue weighted by atomic mass is 9.82. The molecule has 2 aliphatic rings. The number of carbonyl (C=O) groups is 2. The van der Waals surface area contributed by atoms with Crippen LogP contribution in [0.2, 0.25) is 5.02 Å². The number of nitrogens with zero attached hydrogens (tertiary/aromatic N) is 1. The van der Waals surface area contributed by atoms with E-state index < -0.39 is 17.9 Å². The molecule has 3 aromatic rings. The highest BCUT2D eigenvalue weighted by Crippen LogP contribution is 2.47. The minimum atomic E-state index is -0.917. The molecule has 10 heteroatoms. The van der Waals surface area contributed by atoms with Gasteiger partial charge in [-0.3, -0.25) is 14.5 Å². The van der Waals surface area contributed by atoms with Gasteiger partial charge in [0.05, 0.1) is 19.1 Å². The number of halogens is 1. The molecule has 240 valence electrons. The molecule has 1 fully saturated rings. The van der Waals surface area contributed by atoms with Crippen LogP contribution in [0.3, 0.4) is 0 Å². The third-order valence-corrected chi connectivity index (χ3v) is 9.42. The van der Waals surface area contributed by atoms with Crippen molar-refractivity contribution in [2.75, 3.05) is 50.2 Å². The second-order valence-electron chi connectivity index (χ2n) is 11.4. The van der Waals surface area contributed by atoms with Gasteiger partial charge < -0.3 is 24.6 Å². The summed E-state index contributed by atoms with van der Waals surface area (Å²) in [6, 6.07) is 16.5. The molecule has 1 saturated heterocycles. The first-order valence-electron chi connectivity index (χ1n) is 15.5. The van der Waals surface area contributed by atoms with E-state index in [2.05, 4.69) is 11.6 Å². The maximum absolute atomic E-state index is 13.7. The highest BCUT2D eigenvalue weighted by Gasteiger charge is 2.48. The maximum atomic E-state index is 13.7. The third-order valence-electron chi connectivity index (χ3n) is 8.50. The summed E-state index contributed by atoms with van der Waals surface area (Å²) in [7, 11) is 0. The Labute approximate surface area is 274 Å². The Kier molecular flexibility index (Phi) is 11.2. The standard InChI is InChI=1S/C35H41ClN2O6S/c1-4-22-17-26(36)18-23(5-2)33(22)37-31(39)21-38-20-28(25-9-12-29-30(19-25)44-15-14-43-29)32(35(40)41)34(38)24-7-10-27(11-8-24)42-13-6-16-45-3/h7-12,17-19,28,32,34H,4-6,13-16,20-21H2,1-3H3,(H,37,39)(H,40,41)/t28-,32?,34+/m1/s1. The van der Waals surface area contributed by atoms with E-state index in [9.17, 15) is 14.7 Å². The van der Waals surface area contributed by atoms with E-state index in [1.807, 2.05) is 73.3 Å². The number of carbonyl (C=O) groups excluding carboxylic acids is 1. The zero-order valence-corrected chi connectivity index (χ0v) is 27.6. The lowest BCUT2D eigenvalue weighted by Gasteiger charge is -2.27. The summed E-state index contributed by atoms with van der Waals surface area (Å²) in [6.07, 6.45) is 4.45. The number of carboxylic acids is 1. The Morgan fingerprint density at radius 1 is 1.00 bits per heavy atom. The quantitative estimate of drug-likeness (QED) is 0.194. The van der Waals surface area contributed by atoms with Crippen LogP contribution in [0.4, 0.5) is 5.69 Å². The van der Waals surface area contributed by atoms with E-state index in [-0.39, 0.29) is 18.4 Å². The first-order valence-corrected chi connectivity index (χ1v) is 17.3. The van der Waals surface area contributed by atoms with Crippen LogP contribution in [0.15, 0.2) is 54.6 Å². The summed E-state index contributed by atoms with van der Waals surface area (Å²) < 4.78 is 17.4. The van der Waals surface area contributed by atoms with Gasteiger partial charge in [-0.25, -0.2) is 0 Å². The number of ether oxygens (including phenoxy) is 3. The van der Waals surface area contributed by atoms with Gasteiger partial charge >= 0.3 is 5.97 Å². The van der Waals surface area contributed by atoms with Crippen molar-refractivity contribution in [3.05, 3.63) is 81.9 Å². The Bertz CT molecular complexity index is 1470. The van der Waals surface area contributed by atoms with Crippen molar-refractivity contribution in [3.63, 3.8) is 0 Å². The predicted molar refractivity (Wildman–Crippen MR) is 179 cm³/mol. The molecule has 0 radical (unpaired) electrons. The van der Waals surface area contributed by atoms with Gasteiger partial charge in [0.15, 0.2) is 11.5 Å². The Morgan fingerprint density at radius 2 is 1.67 bits per heavy atom. The molecule has 45 heavy (non-hydrogen) atoms. The van der Waals surface area contributed by atoms with Crippen molar-refractivity contribution in [1.29, 1.82) is 0 Å². The van der Waals surface area contributed by atoms with Crippen molar-refractivity contribution in [2.24, 2.45) is 5.92 Å². The number of thioether (sulfide) groups is 1. The number of fused-ring (bicyclic) bond motifs is 1. The number of aryl methyl sites for hydroxylation is 2. The molecule has 1 unspecified atom stereocenters. The number of hydrogen-bond acceptors (Lipinski definition) is 7. The Morgan fingerprint density at radius 3 is 2.31 bits per heavy atom. The fourth-order valence-corrected chi connectivity index (χ4v) is 7.05. The van der Waals surface area contributed by atoms with Crippen LogP contribution in [0.1, 0.15) is 54.5 Å². The molecule has 8 nitrogen and oxygen atoms in total. The first-order chi connectivity index (χ1) is 21.8. The summed E-state index contributed by atoms with van der Waals surface area (Å²) in [5, 5.41) is 14.5. The number of anilines is 1. The number of rotatable bonds is 13. The van der Waals surface area contributed by atoms with Crippen LogP contribution in [-0.2, 0) is 22.4 Å². The minimum Gasteiger partial charge on any atom is -0.494 e. The monoisotopic (exact) mass is 652 g/mol. The molecule has 2 aliphatic heterocycles. The first kappa shape index (κ1) is 33.0. The molecule has 2 heterocycles. The SMILES string of the molecule is CCc1cc(Cl)cc(CC)c1NC(=O)CN1C[C@H](c2ccc3c(c2)OCCO3)C(C(=O)O)[C@@H]1c1ccc(OCCCSC)cc1. The van der Waals surface area contributed by atoms with Gasteiger partial charge in [-0.15, -0.1) is 0 Å². The molecule has 2 N–H and O–H groups in total. The molecule has 0 saturated carbocycles. The summed E-state index contributed by atoms with van der Waals surface area (Å²) in [5.41, 5.74) is 4.38. The molecular weight excluding hydrogens is 612 g/mol. The fourth-order valence-electron chi connectivity index (χ4n) is 6.38. The van der Waals surface area contributed by atoms with Crippen LogP contribution >= 0.6 is 23.4 Å². The van der Waals surface area contributed by atoms with Crippen LogP contribution in [-0.4, -0.2) is 66.8 Å². The van der Waals surface area contributed by atoms with Gasteiger partial charge in [-0.2, -0.15) is 11.8 Å². The van der Waals surface area contributed by atoms with E-state index >= 15 is 0 Å². The number of nitrogens with one attached hydrogen (secondary N) is 1. The fraction of sp³-hybridized carbons (Fsp3) is 0.429. The molecule has 0 aromatic heterocycles. The highest BCUT2D eigenvalue weighted by atomic mass is 35.5. The molecule has 0 bridgehead atoms. The molecule has 5 rings (SSSR count). The zero-order chi connectivity index (χ0) is 31.9. The summed E-state index contributed by atoms with van der Waals surface area (Å²) in [4.78, 5) is 28.7. The van der Waals surface area contributed by atoms with Gasteiger partial charge in [0, 0.05) is 29.2 Å². The van der Waals surface area contributed by atoms with Crippen molar-refractivity contribution in [2.45, 2.75) is 45.1 Å². The van der Waals surface area contributed by atoms with Crippen molar-refractivity contribution in [1.82, 2.24) is 4.90 Å². The molecule has 3 aromatic carbocycles. The van der Waals surface area contributed by atoms with Gasteiger partial charge in [0.1, 0.15) is 19.0 Å². The van der Waals surface area contributed by atoms with Crippen LogP contribution in [0.5, 0.6) is 17.2 Å². The Hall–Kier alpha value is -3.40. The average Bonchev–Trinajstić information content (AvgIpc) is 3.42. The summed E-state index contributed by atoms with van der Waals surface area (Å²) in [5.74, 6) is 0.714. The van der Waals surface area contributed by atoms with E-state index in [4.69, 9.17) is 25.8 Å². The minimum absolute atomic E-state index is 0.0252. The van der Waals surface area contributed by atoms with Crippen LogP contribution in [0, 0.1) is 5.92 Å². The van der Waals surface area contributed by atoms with E-state index in [0.29, 0.717) is 55.7 Å². The third kappa shape index (κ3) is 7.71. The van der Waals surface area contributed by atoms with E-state index in [0.717, 1.165) is 45.9 Å². The zero-order valence-electron chi connectivity index (χ0n) is 26.0. The molecule has 0 aliphatic carbocycles. The van der Waals surface area contributed by atoms with Crippen molar-refractivity contribution >= 4 is 40.9 Å². The van der Waals surface area contributed by atoms with Crippen LogP contribution in [0.25, 0.3) is 0 Å².